The monoisotopic (exact) mass is 435 g/mol. The van der Waals surface area contributed by atoms with Crippen molar-refractivity contribution in [3.63, 3.8) is 0 Å². The van der Waals surface area contributed by atoms with Gasteiger partial charge in [-0.3, -0.25) is 14.5 Å². The number of aromatic nitrogens is 2. The number of anilines is 2. The molecule has 1 atom stereocenters. The van der Waals surface area contributed by atoms with Gasteiger partial charge in [-0.2, -0.15) is 5.10 Å². The van der Waals surface area contributed by atoms with Crippen LogP contribution in [0.25, 0.3) is 0 Å². The number of hydrogen-bond donors (Lipinski definition) is 1. The predicted octanol–water partition coefficient (Wildman–Crippen LogP) is 3.50. The molecule has 2 saturated heterocycles. The maximum absolute atomic E-state index is 13.3. The summed E-state index contributed by atoms with van der Waals surface area (Å²) in [6, 6.07) is 11.9. The third-order valence-corrected chi connectivity index (χ3v) is 6.46. The van der Waals surface area contributed by atoms with Crippen LogP contribution in [-0.2, 0) is 9.59 Å². The zero-order valence-corrected chi connectivity index (χ0v) is 19.3. The number of carbonyl (C=O) groups excluding carboxylic acids is 2. The Morgan fingerprint density at radius 2 is 1.78 bits per heavy atom. The van der Waals surface area contributed by atoms with Crippen LogP contribution in [0.4, 0.5) is 11.5 Å². The zero-order chi connectivity index (χ0) is 22.7. The SMILES string of the molecule is CC(C)(C)C(=O)N1CCC(c2ccc(N(C(=O)[C@@H]3CCNC3)c3cccnn3)cc2)CC1. The lowest BCUT2D eigenvalue weighted by molar-refractivity contribution is -0.140. The van der Waals surface area contributed by atoms with E-state index in [1.807, 2.05) is 43.9 Å². The molecule has 0 unspecified atom stereocenters. The summed E-state index contributed by atoms with van der Waals surface area (Å²) < 4.78 is 0. The Kier molecular flexibility index (Phi) is 6.55. The van der Waals surface area contributed by atoms with Crippen molar-refractivity contribution in [2.45, 2.75) is 46.0 Å². The molecule has 1 aromatic carbocycles. The van der Waals surface area contributed by atoms with Gasteiger partial charge in [-0.25, -0.2) is 0 Å². The number of piperidine rings is 1. The Morgan fingerprint density at radius 1 is 1.06 bits per heavy atom. The molecule has 4 rings (SSSR count). The van der Waals surface area contributed by atoms with Crippen molar-refractivity contribution >= 4 is 23.3 Å². The highest BCUT2D eigenvalue weighted by Gasteiger charge is 2.32. The third kappa shape index (κ3) is 4.83. The number of nitrogens with zero attached hydrogens (tertiary/aromatic N) is 4. The first-order chi connectivity index (χ1) is 15.3. The minimum atomic E-state index is -0.334. The molecule has 0 radical (unpaired) electrons. The smallest absolute Gasteiger partial charge is 0.237 e. The van der Waals surface area contributed by atoms with E-state index >= 15 is 0 Å². The molecule has 2 aliphatic rings. The Morgan fingerprint density at radius 3 is 2.34 bits per heavy atom. The van der Waals surface area contributed by atoms with Crippen LogP contribution in [0.15, 0.2) is 42.6 Å². The molecular weight excluding hydrogens is 402 g/mol. The normalized spacial score (nSPS) is 19.7. The van der Waals surface area contributed by atoms with E-state index in [-0.39, 0.29) is 23.1 Å². The fourth-order valence-electron chi connectivity index (χ4n) is 4.62. The second-order valence-electron chi connectivity index (χ2n) is 9.85. The van der Waals surface area contributed by atoms with Gasteiger partial charge in [-0.15, -0.1) is 5.10 Å². The first-order valence-corrected chi connectivity index (χ1v) is 11.6. The summed E-state index contributed by atoms with van der Waals surface area (Å²) in [6.07, 6.45) is 4.37. The average molecular weight is 436 g/mol. The maximum Gasteiger partial charge on any atom is 0.237 e. The van der Waals surface area contributed by atoms with Crippen LogP contribution in [0, 0.1) is 11.3 Å². The molecule has 0 saturated carbocycles. The molecule has 0 spiro atoms. The highest BCUT2D eigenvalue weighted by Crippen LogP contribution is 2.33. The Labute approximate surface area is 190 Å². The summed E-state index contributed by atoms with van der Waals surface area (Å²) >= 11 is 0. The summed E-state index contributed by atoms with van der Waals surface area (Å²) in [5.74, 6) is 1.20. The molecule has 2 amide bonds. The number of rotatable bonds is 4. The standard InChI is InChI=1S/C25H33N5O2/c1-25(2,3)24(32)29-15-11-19(12-16-29)18-6-8-21(9-7-18)30(22-5-4-13-27-28-22)23(31)20-10-14-26-17-20/h4-9,13,19-20,26H,10-12,14-17H2,1-3H3/t20-/m1/s1. The molecule has 2 aliphatic heterocycles. The molecule has 0 aliphatic carbocycles. The van der Waals surface area contributed by atoms with Crippen molar-refractivity contribution in [3.05, 3.63) is 48.2 Å². The van der Waals surface area contributed by atoms with Gasteiger partial charge < -0.3 is 10.2 Å². The Balaban J connectivity index is 1.49. The minimum Gasteiger partial charge on any atom is -0.342 e. The van der Waals surface area contributed by atoms with E-state index in [9.17, 15) is 9.59 Å². The van der Waals surface area contributed by atoms with Gasteiger partial charge in [-0.1, -0.05) is 32.9 Å². The van der Waals surface area contributed by atoms with Gasteiger partial charge in [0.1, 0.15) is 0 Å². The highest BCUT2D eigenvalue weighted by molar-refractivity contribution is 6.01. The molecule has 2 fully saturated rings. The number of amides is 2. The number of likely N-dealkylation sites (tertiary alicyclic amines) is 1. The quantitative estimate of drug-likeness (QED) is 0.795. The van der Waals surface area contributed by atoms with Gasteiger partial charge >= 0.3 is 0 Å². The van der Waals surface area contributed by atoms with Crippen LogP contribution in [0.5, 0.6) is 0 Å². The highest BCUT2D eigenvalue weighted by atomic mass is 16.2. The lowest BCUT2D eigenvalue weighted by Gasteiger charge is -2.36. The van der Waals surface area contributed by atoms with Crippen molar-refractivity contribution in [1.82, 2.24) is 20.4 Å². The molecule has 170 valence electrons. The number of benzene rings is 1. The molecule has 0 bridgehead atoms. The van der Waals surface area contributed by atoms with E-state index in [0.29, 0.717) is 18.3 Å². The van der Waals surface area contributed by atoms with E-state index in [1.165, 1.54) is 5.56 Å². The van der Waals surface area contributed by atoms with E-state index in [4.69, 9.17) is 0 Å². The lowest BCUT2D eigenvalue weighted by atomic mass is 9.87. The van der Waals surface area contributed by atoms with Gasteiger partial charge in [-0.05, 0) is 61.6 Å². The van der Waals surface area contributed by atoms with E-state index in [1.54, 1.807) is 17.2 Å². The van der Waals surface area contributed by atoms with Crippen LogP contribution in [0.2, 0.25) is 0 Å². The molecule has 1 aromatic heterocycles. The number of carbonyl (C=O) groups is 2. The Bertz CT molecular complexity index is 925. The summed E-state index contributed by atoms with van der Waals surface area (Å²) in [5.41, 5.74) is 1.73. The van der Waals surface area contributed by atoms with Gasteiger partial charge in [0, 0.05) is 31.2 Å². The number of nitrogens with one attached hydrogen (secondary N) is 1. The second kappa shape index (κ2) is 9.36. The van der Waals surface area contributed by atoms with Crippen molar-refractivity contribution in [3.8, 4) is 0 Å². The predicted molar refractivity (Wildman–Crippen MR) is 125 cm³/mol. The van der Waals surface area contributed by atoms with E-state index in [2.05, 4.69) is 27.6 Å². The summed E-state index contributed by atoms with van der Waals surface area (Å²) in [7, 11) is 0. The fourth-order valence-corrected chi connectivity index (χ4v) is 4.62. The summed E-state index contributed by atoms with van der Waals surface area (Å²) in [5, 5.41) is 11.5. The van der Waals surface area contributed by atoms with Gasteiger partial charge in [0.05, 0.1) is 11.6 Å². The van der Waals surface area contributed by atoms with Crippen molar-refractivity contribution in [2.24, 2.45) is 11.3 Å². The van der Waals surface area contributed by atoms with Crippen molar-refractivity contribution in [1.29, 1.82) is 0 Å². The Hall–Kier alpha value is -2.80. The first kappa shape index (κ1) is 22.4. The van der Waals surface area contributed by atoms with Crippen LogP contribution in [0.1, 0.15) is 51.5 Å². The molecular formula is C25H33N5O2. The molecule has 1 N–H and O–H groups in total. The third-order valence-electron chi connectivity index (χ3n) is 6.46. The van der Waals surface area contributed by atoms with Crippen LogP contribution < -0.4 is 10.2 Å². The van der Waals surface area contributed by atoms with Crippen molar-refractivity contribution < 1.29 is 9.59 Å². The molecule has 7 nitrogen and oxygen atoms in total. The topological polar surface area (TPSA) is 78.4 Å². The number of hydrogen-bond acceptors (Lipinski definition) is 5. The zero-order valence-electron chi connectivity index (χ0n) is 19.3. The molecule has 7 heteroatoms. The van der Waals surface area contributed by atoms with Crippen LogP contribution >= 0.6 is 0 Å². The van der Waals surface area contributed by atoms with E-state index in [0.717, 1.165) is 44.6 Å². The minimum absolute atomic E-state index is 0.0530. The van der Waals surface area contributed by atoms with Crippen LogP contribution in [0.3, 0.4) is 0 Å². The van der Waals surface area contributed by atoms with Crippen LogP contribution in [-0.4, -0.2) is 53.1 Å². The van der Waals surface area contributed by atoms with Crippen molar-refractivity contribution in [2.75, 3.05) is 31.1 Å². The maximum atomic E-state index is 13.3. The lowest BCUT2D eigenvalue weighted by Crippen LogP contribution is -2.43. The molecule has 2 aromatic rings. The largest absolute Gasteiger partial charge is 0.342 e. The fraction of sp³-hybridized carbons (Fsp3) is 0.520. The molecule has 3 heterocycles. The van der Waals surface area contributed by atoms with Gasteiger partial charge in [0.25, 0.3) is 0 Å². The first-order valence-electron chi connectivity index (χ1n) is 11.6. The van der Waals surface area contributed by atoms with Gasteiger partial charge in [0.15, 0.2) is 5.82 Å². The summed E-state index contributed by atoms with van der Waals surface area (Å²) in [6.45, 7) is 9.08. The second-order valence-corrected chi connectivity index (χ2v) is 9.85. The van der Waals surface area contributed by atoms with E-state index < -0.39 is 0 Å². The summed E-state index contributed by atoms with van der Waals surface area (Å²) in [4.78, 5) is 29.5. The molecule has 32 heavy (non-hydrogen) atoms. The average Bonchev–Trinajstić information content (AvgIpc) is 3.35. The van der Waals surface area contributed by atoms with Gasteiger partial charge in [0.2, 0.25) is 11.8 Å².